The van der Waals surface area contributed by atoms with Crippen molar-refractivity contribution in [1.29, 1.82) is 0 Å². The van der Waals surface area contributed by atoms with Crippen LogP contribution in [0.3, 0.4) is 0 Å². The second-order valence-electron chi connectivity index (χ2n) is 8.86. The Bertz CT molecular complexity index is 747. The summed E-state index contributed by atoms with van der Waals surface area (Å²) in [4.78, 5) is 12.1. The van der Waals surface area contributed by atoms with Crippen LogP contribution in [-0.4, -0.2) is 28.7 Å². The molecule has 0 heterocycles. The minimum absolute atomic E-state index is 0.320. The summed E-state index contributed by atoms with van der Waals surface area (Å²) in [7, 11) is -3.11. The molecule has 0 aliphatic heterocycles. The summed E-state index contributed by atoms with van der Waals surface area (Å²) >= 11 is 3.63. The molecule has 0 amide bonds. The lowest BCUT2D eigenvalue weighted by molar-refractivity contribution is -0.137. The van der Waals surface area contributed by atoms with E-state index in [0.29, 0.717) is 18.4 Å². The van der Waals surface area contributed by atoms with Crippen molar-refractivity contribution >= 4 is 38.0 Å². The van der Waals surface area contributed by atoms with E-state index >= 15 is 0 Å². The molecule has 1 aromatic carbocycles. The summed E-state index contributed by atoms with van der Waals surface area (Å²) in [5, 5.41) is 0.617. The SMILES string of the molecule is CCOC(=O)/C=C/C(=C\C([Si](CC)(CC)CC)[Si](CC)(CC)CC)OCc1ccccc1Br. The number of esters is 1. The van der Waals surface area contributed by atoms with Gasteiger partial charge in [-0.05, 0) is 30.3 Å². The first kappa shape index (κ1) is 29.9. The van der Waals surface area contributed by atoms with Crippen molar-refractivity contribution in [2.75, 3.05) is 6.61 Å². The topological polar surface area (TPSA) is 35.5 Å². The number of benzene rings is 1. The van der Waals surface area contributed by atoms with Crippen LogP contribution in [0.25, 0.3) is 0 Å². The lowest BCUT2D eigenvalue weighted by atomic mass is 10.2. The predicted octanol–water partition coefficient (Wildman–Crippen LogP) is 8.90. The lowest BCUT2D eigenvalue weighted by Gasteiger charge is -2.47. The van der Waals surface area contributed by atoms with E-state index in [-0.39, 0.29) is 5.97 Å². The zero-order valence-electron chi connectivity index (χ0n) is 21.9. The van der Waals surface area contributed by atoms with Gasteiger partial charge in [-0.1, -0.05) is 112 Å². The third kappa shape index (κ3) is 7.96. The standard InChI is InChI=1S/C27H45BrO3Si2/c1-8-30-26(29)20-19-24(31-22-23-17-15-16-18-25(23)28)21-27(32(9-2,10-3)11-4)33(12-5,13-6)14-7/h15-21,27H,8-14,22H2,1-7H3/b20-19+,24-21+. The maximum absolute atomic E-state index is 12.1. The minimum Gasteiger partial charge on any atom is -0.489 e. The number of ether oxygens (including phenoxy) is 2. The Balaban J connectivity index is 3.55. The van der Waals surface area contributed by atoms with Crippen LogP contribution < -0.4 is 0 Å². The molecule has 0 fully saturated rings. The third-order valence-corrected chi connectivity index (χ3v) is 23.8. The van der Waals surface area contributed by atoms with Gasteiger partial charge < -0.3 is 9.47 Å². The third-order valence-electron chi connectivity index (χ3n) is 7.90. The van der Waals surface area contributed by atoms with Gasteiger partial charge in [-0.25, -0.2) is 4.79 Å². The van der Waals surface area contributed by atoms with Crippen molar-refractivity contribution in [3.05, 3.63) is 58.3 Å². The molecule has 0 aliphatic carbocycles. The molecule has 0 bridgehead atoms. The number of allylic oxidation sites excluding steroid dienone is 2. The van der Waals surface area contributed by atoms with Crippen molar-refractivity contribution in [2.24, 2.45) is 0 Å². The Kier molecular flexibility index (Phi) is 13.6. The van der Waals surface area contributed by atoms with E-state index < -0.39 is 16.1 Å². The first-order valence-electron chi connectivity index (χ1n) is 12.7. The molecule has 33 heavy (non-hydrogen) atoms. The lowest BCUT2D eigenvalue weighted by Crippen LogP contribution is -2.52. The van der Waals surface area contributed by atoms with Crippen LogP contribution in [0.5, 0.6) is 0 Å². The van der Waals surface area contributed by atoms with Crippen molar-refractivity contribution < 1.29 is 14.3 Å². The quantitative estimate of drug-likeness (QED) is 0.0715. The van der Waals surface area contributed by atoms with E-state index in [1.807, 2.05) is 31.2 Å². The molecule has 0 saturated carbocycles. The number of carbonyl (C=O) groups is 1. The number of hydrogen-bond acceptors (Lipinski definition) is 3. The van der Waals surface area contributed by atoms with Crippen LogP contribution in [0.2, 0.25) is 41.4 Å². The molecular weight excluding hydrogens is 508 g/mol. The Labute approximate surface area is 213 Å². The van der Waals surface area contributed by atoms with Crippen molar-refractivity contribution in [1.82, 2.24) is 0 Å². The molecule has 0 aromatic heterocycles. The highest BCUT2D eigenvalue weighted by molar-refractivity contribution is 9.10. The highest BCUT2D eigenvalue weighted by atomic mass is 79.9. The second kappa shape index (κ2) is 15.0. The van der Waals surface area contributed by atoms with Gasteiger partial charge in [0, 0.05) is 16.1 Å². The average molecular weight is 554 g/mol. The maximum Gasteiger partial charge on any atom is 0.330 e. The molecule has 0 atom stereocenters. The molecule has 3 nitrogen and oxygen atoms in total. The summed E-state index contributed by atoms with van der Waals surface area (Å²) in [6, 6.07) is 15.9. The Hall–Kier alpha value is -1.12. The molecule has 1 rings (SSSR count). The van der Waals surface area contributed by atoms with Crippen molar-refractivity contribution in [2.45, 2.75) is 96.5 Å². The summed E-state index contributed by atoms with van der Waals surface area (Å²) < 4.78 is 12.6. The van der Waals surface area contributed by atoms with E-state index in [1.54, 1.807) is 0 Å². The van der Waals surface area contributed by atoms with Gasteiger partial charge in [0.1, 0.15) is 12.4 Å². The summed E-state index contributed by atoms with van der Waals surface area (Å²) in [6.07, 6.45) is 5.80. The molecule has 0 saturated heterocycles. The molecule has 0 spiro atoms. The van der Waals surface area contributed by atoms with Crippen LogP contribution in [0.15, 0.2) is 52.7 Å². The van der Waals surface area contributed by atoms with E-state index in [1.165, 1.54) is 42.3 Å². The van der Waals surface area contributed by atoms with Gasteiger partial charge in [-0.3, -0.25) is 0 Å². The van der Waals surface area contributed by atoms with Gasteiger partial charge in [-0.2, -0.15) is 0 Å². The van der Waals surface area contributed by atoms with E-state index in [9.17, 15) is 4.79 Å². The number of hydrogen-bond donors (Lipinski definition) is 0. The van der Waals surface area contributed by atoms with Gasteiger partial charge in [-0.15, -0.1) is 0 Å². The van der Waals surface area contributed by atoms with Crippen LogP contribution in [0.1, 0.15) is 54.0 Å². The normalized spacial score (nSPS) is 13.1. The highest BCUT2D eigenvalue weighted by Crippen LogP contribution is 2.46. The van der Waals surface area contributed by atoms with Gasteiger partial charge in [0.05, 0.1) is 22.8 Å². The zero-order chi connectivity index (χ0) is 24.9. The van der Waals surface area contributed by atoms with Gasteiger partial charge in [0.25, 0.3) is 0 Å². The number of carbonyl (C=O) groups excluding carboxylic acids is 1. The van der Waals surface area contributed by atoms with E-state index in [4.69, 9.17) is 9.47 Å². The average Bonchev–Trinajstić information content (AvgIpc) is 2.84. The molecule has 6 heteroatoms. The first-order chi connectivity index (χ1) is 15.8. The first-order valence-corrected chi connectivity index (χ1v) is 18.9. The van der Waals surface area contributed by atoms with Gasteiger partial charge in [0.15, 0.2) is 0 Å². The van der Waals surface area contributed by atoms with Gasteiger partial charge >= 0.3 is 5.97 Å². The van der Waals surface area contributed by atoms with Crippen LogP contribution >= 0.6 is 15.9 Å². The predicted molar refractivity (Wildman–Crippen MR) is 151 cm³/mol. The fourth-order valence-corrected chi connectivity index (χ4v) is 21.2. The number of rotatable bonds is 15. The second-order valence-corrected chi connectivity index (χ2v) is 21.2. The largest absolute Gasteiger partial charge is 0.489 e. The Morgan fingerprint density at radius 2 is 1.36 bits per heavy atom. The smallest absolute Gasteiger partial charge is 0.330 e. The van der Waals surface area contributed by atoms with Gasteiger partial charge in [0.2, 0.25) is 0 Å². The molecule has 0 unspecified atom stereocenters. The summed E-state index contributed by atoms with van der Waals surface area (Å²) in [6.45, 7) is 17.1. The molecule has 0 aliphatic rings. The van der Waals surface area contributed by atoms with E-state index in [0.717, 1.165) is 15.8 Å². The van der Waals surface area contributed by atoms with Crippen molar-refractivity contribution in [3.8, 4) is 0 Å². The van der Waals surface area contributed by atoms with E-state index in [2.05, 4.69) is 69.6 Å². The molecule has 0 N–H and O–H groups in total. The summed E-state index contributed by atoms with van der Waals surface area (Å²) in [5.74, 6) is 0.489. The van der Waals surface area contributed by atoms with Crippen molar-refractivity contribution in [3.63, 3.8) is 0 Å². The van der Waals surface area contributed by atoms with Crippen LogP contribution in [-0.2, 0) is 20.9 Å². The Morgan fingerprint density at radius 1 is 0.848 bits per heavy atom. The van der Waals surface area contributed by atoms with Crippen LogP contribution in [0, 0.1) is 0 Å². The molecule has 0 radical (unpaired) electrons. The number of halogens is 1. The Morgan fingerprint density at radius 3 is 1.82 bits per heavy atom. The zero-order valence-corrected chi connectivity index (χ0v) is 25.5. The minimum atomic E-state index is -1.55. The summed E-state index contributed by atoms with van der Waals surface area (Å²) in [5.41, 5.74) is 1.10. The van der Waals surface area contributed by atoms with Crippen LogP contribution in [0.4, 0.5) is 0 Å². The highest BCUT2D eigenvalue weighted by Gasteiger charge is 2.47. The molecule has 1 aromatic rings. The monoisotopic (exact) mass is 552 g/mol. The molecular formula is C27H45BrO3Si2. The molecule has 186 valence electrons. The fraction of sp³-hybridized carbons (Fsp3) is 0.593. The maximum atomic E-state index is 12.1. The fourth-order valence-electron chi connectivity index (χ4n) is 5.26.